The Bertz CT molecular complexity index is 1110. The number of fused-ring (bicyclic) bond motifs is 1. The zero-order valence-corrected chi connectivity index (χ0v) is 17.1. The van der Waals surface area contributed by atoms with E-state index in [1.54, 1.807) is 18.3 Å². The summed E-state index contributed by atoms with van der Waals surface area (Å²) in [5.74, 6) is 1.32. The van der Waals surface area contributed by atoms with Gasteiger partial charge in [-0.2, -0.15) is 5.10 Å². The second-order valence-electron chi connectivity index (χ2n) is 6.82. The molecule has 0 aliphatic carbocycles. The van der Waals surface area contributed by atoms with Gasteiger partial charge in [-0.05, 0) is 48.9 Å². The van der Waals surface area contributed by atoms with Crippen molar-refractivity contribution in [3.05, 3.63) is 77.8 Å². The minimum atomic E-state index is -0.0636. The molecule has 4 aromatic rings. The van der Waals surface area contributed by atoms with Crippen molar-refractivity contribution in [3.8, 4) is 5.75 Å². The number of hydrogen-bond acceptors (Lipinski definition) is 4. The molecule has 0 unspecified atom stereocenters. The molecule has 2 aromatic heterocycles. The topological polar surface area (TPSA) is 74.0 Å². The van der Waals surface area contributed by atoms with Gasteiger partial charge in [0.15, 0.2) is 0 Å². The van der Waals surface area contributed by atoms with Crippen molar-refractivity contribution in [3.63, 3.8) is 0 Å². The Kier molecular flexibility index (Phi) is 6.29. The molecule has 154 valence electrons. The minimum absolute atomic E-state index is 0.0636. The fraction of sp³-hybridized carbons (Fsp3) is 0.227. The summed E-state index contributed by atoms with van der Waals surface area (Å²) in [4.78, 5) is 17.2. The third-order valence-corrected chi connectivity index (χ3v) is 4.91. The predicted molar refractivity (Wildman–Crippen MR) is 115 cm³/mol. The van der Waals surface area contributed by atoms with Gasteiger partial charge in [0, 0.05) is 30.5 Å². The van der Waals surface area contributed by atoms with Crippen molar-refractivity contribution in [1.82, 2.24) is 24.6 Å². The largest absolute Gasteiger partial charge is 0.486 e. The Morgan fingerprint density at radius 3 is 2.73 bits per heavy atom. The SMILES string of the molecule is O=C(Cn1c(COc2ccc(Cl)cc2)nc2ccccc21)NCCCn1cccn1. The zero-order valence-electron chi connectivity index (χ0n) is 16.4. The van der Waals surface area contributed by atoms with E-state index in [2.05, 4.69) is 15.4 Å². The second kappa shape index (κ2) is 9.45. The van der Waals surface area contributed by atoms with Crippen molar-refractivity contribution < 1.29 is 9.53 Å². The summed E-state index contributed by atoms with van der Waals surface area (Å²) < 4.78 is 9.60. The first kappa shape index (κ1) is 20.0. The van der Waals surface area contributed by atoms with E-state index in [1.807, 2.05) is 57.9 Å². The van der Waals surface area contributed by atoms with E-state index in [4.69, 9.17) is 16.3 Å². The normalized spacial score (nSPS) is 11.0. The summed E-state index contributed by atoms with van der Waals surface area (Å²) in [6.45, 7) is 1.79. The standard InChI is InChI=1S/C22H22ClN5O2/c23-17-7-9-18(10-8-17)30-16-21-26-19-5-1-2-6-20(19)28(21)15-22(29)24-11-3-13-27-14-4-12-25-27/h1-2,4-10,12,14H,3,11,13,15-16H2,(H,24,29). The van der Waals surface area contributed by atoms with E-state index in [0.29, 0.717) is 23.1 Å². The number of aromatic nitrogens is 4. The molecule has 0 aliphatic heterocycles. The molecule has 1 N–H and O–H groups in total. The minimum Gasteiger partial charge on any atom is -0.486 e. The second-order valence-corrected chi connectivity index (χ2v) is 7.25. The first-order chi connectivity index (χ1) is 14.7. The smallest absolute Gasteiger partial charge is 0.240 e. The van der Waals surface area contributed by atoms with E-state index in [0.717, 1.165) is 24.0 Å². The van der Waals surface area contributed by atoms with Crippen LogP contribution >= 0.6 is 11.6 Å². The van der Waals surface area contributed by atoms with Crippen molar-refractivity contribution in [2.45, 2.75) is 26.1 Å². The van der Waals surface area contributed by atoms with Gasteiger partial charge in [0.25, 0.3) is 0 Å². The highest BCUT2D eigenvalue weighted by Crippen LogP contribution is 2.20. The van der Waals surface area contributed by atoms with Crippen LogP contribution in [0.3, 0.4) is 0 Å². The fourth-order valence-electron chi connectivity index (χ4n) is 3.19. The van der Waals surface area contributed by atoms with Crippen LogP contribution in [0.1, 0.15) is 12.2 Å². The molecular formula is C22H22ClN5O2. The first-order valence-electron chi connectivity index (χ1n) is 9.76. The first-order valence-corrected chi connectivity index (χ1v) is 10.1. The maximum atomic E-state index is 12.5. The maximum Gasteiger partial charge on any atom is 0.240 e. The van der Waals surface area contributed by atoms with Crippen LogP contribution in [0, 0.1) is 0 Å². The number of amides is 1. The van der Waals surface area contributed by atoms with Crippen LogP contribution in [-0.2, 0) is 24.5 Å². The van der Waals surface area contributed by atoms with Gasteiger partial charge in [-0.1, -0.05) is 23.7 Å². The molecule has 30 heavy (non-hydrogen) atoms. The summed E-state index contributed by atoms with van der Waals surface area (Å²) >= 11 is 5.92. The highest BCUT2D eigenvalue weighted by atomic mass is 35.5. The van der Waals surface area contributed by atoms with Crippen LogP contribution in [0.5, 0.6) is 5.75 Å². The van der Waals surface area contributed by atoms with E-state index >= 15 is 0 Å². The van der Waals surface area contributed by atoms with Crippen LogP contribution in [0.4, 0.5) is 0 Å². The average molecular weight is 424 g/mol. The number of imidazole rings is 1. The Hall–Kier alpha value is -3.32. The van der Waals surface area contributed by atoms with E-state index < -0.39 is 0 Å². The lowest BCUT2D eigenvalue weighted by atomic mass is 10.3. The summed E-state index contributed by atoms with van der Waals surface area (Å²) in [6.07, 6.45) is 4.47. The van der Waals surface area contributed by atoms with E-state index in [1.165, 1.54) is 0 Å². The molecule has 2 heterocycles. The highest BCUT2D eigenvalue weighted by molar-refractivity contribution is 6.30. The van der Waals surface area contributed by atoms with Gasteiger partial charge in [0.1, 0.15) is 24.7 Å². The van der Waals surface area contributed by atoms with E-state index in [9.17, 15) is 4.79 Å². The summed E-state index contributed by atoms with van der Waals surface area (Å²) in [5.41, 5.74) is 1.73. The van der Waals surface area contributed by atoms with Crippen LogP contribution in [-0.4, -0.2) is 31.8 Å². The predicted octanol–water partition coefficient (Wildman–Crippen LogP) is 3.67. The van der Waals surface area contributed by atoms with Gasteiger partial charge in [0.2, 0.25) is 5.91 Å². The molecule has 7 nitrogen and oxygen atoms in total. The molecule has 0 fully saturated rings. The Balaban J connectivity index is 1.40. The molecule has 0 spiro atoms. The number of rotatable bonds is 9. The van der Waals surface area contributed by atoms with Crippen molar-refractivity contribution >= 4 is 28.5 Å². The lowest BCUT2D eigenvalue weighted by Gasteiger charge is -2.11. The molecule has 8 heteroatoms. The Morgan fingerprint density at radius 1 is 1.10 bits per heavy atom. The number of hydrogen-bond donors (Lipinski definition) is 1. The molecule has 0 saturated heterocycles. The van der Waals surface area contributed by atoms with Gasteiger partial charge < -0.3 is 14.6 Å². The van der Waals surface area contributed by atoms with E-state index in [-0.39, 0.29) is 19.1 Å². The number of nitrogens with one attached hydrogen (secondary N) is 1. The summed E-state index contributed by atoms with van der Waals surface area (Å²) in [7, 11) is 0. The highest BCUT2D eigenvalue weighted by Gasteiger charge is 2.14. The van der Waals surface area contributed by atoms with Crippen LogP contribution in [0.25, 0.3) is 11.0 Å². The number of aryl methyl sites for hydroxylation is 1. The van der Waals surface area contributed by atoms with Crippen molar-refractivity contribution in [2.75, 3.05) is 6.54 Å². The molecule has 0 radical (unpaired) electrons. The summed E-state index contributed by atoms with van der Waals surface area (Å²) in [5, 5.41) is 7.78. The van der Waals surface area contributed by atoms with Crippen molar-refractivity contribution in [1.29, 1.82) is 0 Å². The number of carbonyl (C=O) groups is 1. The quantitative estimate of drug-likeness (QED) is 0.417. The third kappa shape index (κ3) is 4.99. The maximum absolute atomic E-state index is 12.5. The average Bonchev–Trinajstić information content (AvgIpc) is 3.39. The lowest BCUT2D eigenvalue weighted by molar-refractivity contribution is -0.121. The van der Waals surface area contributed by atoms with Crippen LogP contribution in [0.15, 0.2) is 67.0 Å². The van der Waals surface area contributed by atoms with Gasteiger partial charge in [0.05, 0.1) is 11.0 Å². The fourth-order valence-corrected chi connectivity index (χ4v) is 3.32. The van der Waals surface area contributed by atoms with Gasteiger partial charge >= 0.3 is 0 Å². The van der Waals surface area contributed by atoms with Crippen LogP contribution < -0.4 is 10.1 Å². The molecular weight excluding hydrogens is 402 g/mol. The molecule has 2 aromatic carbocycles. The third-order valence-electron chi connectivity index (χ3n) is 4.66. The summed E-state index contributed by atoms with van der Waals surface area (Å²) in [6, 6.07) is 16.8. The van der Waals surface area contributed by atoms with Crippen molar-refractivity contribution in [2.24, 2.45) is 0 Å². The number of ether oxygens (including phenoxy) is 1. The number of para-hydroxylation sites is 2. The monoisotopic (exact) mass is 423 g/mol. The number of carbonyl (C=O) groups excluding carboxylic acids is 1. The Labute approximate surface area is 179 Å². The lowest BCUT2D eigenvalue weighted by Crippen LogP contribution is -2.29. The van der Waals surface area contributed by atoms with Crippen LogP contribution in [0.2, 0.25) is 5.02 Å². The molecule has 1 amide bonds. The number of benzene rings is 2. The van der Waals surface area contributed by atoms with Gasteiger partial charge in [-0.3, -0.25) is 9.48 Å². The Morgan fingerprint density at radius 2 is 1.93 bits per heavy atom. The molecule has 0 atom stereocenters. The molecule has 0 bridgehead atoms. The molecule has 0 aliphatic rings. The molecule has 4 rings (SSSR count). The van der Waals surface area contributed by atoms with Gasteiger partial charge in [-0.15, -0.1) is 0 Å². The number of nitrogens with zero attached hydrogens (tertiary/aromatic N) is 4. The molecule has 0 saturated carbocycles. The zero-order chi connectivity index (χ0) is 20.8. The van der Waals surface area contributed by atoms with Gasteiger partial charge in [-0.25, -0.2) is 4.98 Å². The number of halogens is 1.